The third-order valence-corrected chi connectivity index (χ3v) is 6.47. The Labute approximate surface area is 243 Å². The number of aldehydes is 1. The third kappa shape index (κ3) is 15.0. The Morgan fingerprint density at radius 2 is 1.37 bits per heavy atom. The molecule has 0 bridgehead atoms. The Kier molecular flexibility index (Phi) is 16.5. The van der Waals surface area contributed by atoms with E-state index in [4.69, 9.17) is 31.8 Å². The number of carboxylic acid groups (broad SMARTS) is 1. The quantitative estimate of drug-likeness (QED) is 0.167. The first-order chi connectivity index (χ1) is 19.9. The van der Waals surface area contributed by atoms with Crippen molar-refractivity contribution in [2.24, 2.45) is 17.2 Å². The number of carboxylic acids is 1. The van der Waals surface area contributed by atoms with Gasteiger partial charge in [0.15, 0.2) is 0 Å². The zero-order valence-electron chi connectivity index (χ0n) is 23.8. The number of carbonyl (C=O) groups is 2. The van der Waals surface area contributed by atoms with Crippen molar-refractivity contribution in [2.45, 2.75) is 76.7 Å². The molecule has 8 nitrogen and oxygen atoms in total. The van der Waals surface area contributed by atoms with Crippen LogP contribution in [0.4, 0.5) is 0 Å². The van der Waals surface area contributed by atoms with E-state index in [-0.39, 0.29) is 0 Å². The first-order valence-electron chi connectivity index (χ1n) is 14.3. The molecule has 0 radical (unpaired) electrons. The second-order valence-corrected chi connectivity index (χ2v) is 10.0. The van der Waals surface area contributed by atoms with Crippen molar-refractivity contribution in [2.75, 3.05) is 6.54 Å². The van der Waals surface area contributed by atoms with E-state index in [0.29, 0.717) is 49.3 Å². The van der Waals surface area contributed by atoms with E-state index in [0.717, 1.165) is 30.3 Å². The number of unbranched alkanes of at least 4 members (excludes halogenated alkanes) is 1. The fourth-order valence-electron chi connectivity index (χ4n) is 4.08. The fourth-order valence-corrected chi connectivity index (χ4v) is 4.08. The van der Waals surface area contributed by atoms with Crippen molar-refractivity contribution < 1.29 is 24.2 Å². The summed E-state index contributed by atoms with van der Waals surface area (Å²) >= 11 is 0. The van der Waals surface area contributed by atoms with Gasteiger partial charge in [0, 0.05) is 17.7 Å². The van der Waals surface area contributed by atoms with Gasteiger partial charge in [0.05, 0.1) is 0 Å². The van der Waals surface area contributed by atoms with Crippen LogP contribution in [0, 0.1) is 0 Å². The van der Waals surface area contributed by atoms with Crippen LogP contribution in [0.15, 0.2) is 78.9 Å². The smallest absolute Gasteiger partial charge is 0.320 e. The minimum Gasteiger partial charge on any atom is -0.489 e. The average molecular weight is 564 g/mol. The van der Waals surface area contributed by atoms with Crippen LogP contribution in [0.25, 0.3) is 0 Å². The zero-order valence-corrected chi connectivity index (χ0v) is 23.8. The van der Waals surface area contributed by atoms with Crippen LogP contribution < -0.4 is 26.7 Å². The second kappa shape index (κ2) is 20.2. The van der Waals surface area contributed by atoms with Crippen LogP contribution in [-0.4, -0.2) is 36.0 Å². The summed E-state index contributed by atoms with van der Waals surface area (Å²) in [6.45, 7) is 1.49. The lowest BCUT2D eigenvalue weighted by Crippen LogP contribution is -2.29. The van der Waals surface area contributed by atoms with Crippen LogP contribution in [-0.2, 0) is 18.0 Å². The van der Waals surface area contributed by atoms with Gasteiger partial charge in [0.25, 0.3) is 0 Å². The van der Waals surface area contributed by atoms with E-state index in [1.54, 1.807) is 18.2 Å². The first-order valence-corrected chi connectivity index (χ1v) is 14.3. The largest absolute Gasteiger partial charge is 0.489 e. The van der Waals surface area contributed by atoms with E-state index >= 15 is 0 Å². The van der Waals surface area contributed by atoms with E-state index in [2.05, 4.69) is 0 Å². The molecule has 222 valence electrons. The molecule has 1 unspecified atom stereocenters. The molecule has 1 fully saturated rings. The van der Waals surface area contributed by atoms with Gasteiger partial charge in [-0.25, -0.2) is 0 Å². The maximum atomic E-state index is 11.1. The molecule has 0 aliphatic heterocycles. The lowest BCUT2D eigenvalue weighted by Gasteiger charge is -2.15. The van der Waals surface area contributed by atoms with Gasteiger partial charge in [-0.15, -0.1) is 0 Å². The number of carbonyl (C=O) groups excluding carboxylic acids is 1. The molecule has 0 saturated heterocycles. The van der Waals surface area contributed by atoms with Crippen LogP contribution in [0.5, 0.6) is 11.5 Å². The lowest BCUT2D eigenvalue weighted by molar-refractivity contribution is -0.138. The summed E-state index contributed by atoms with van der Waals surface area (Å²) < 4.78 is 11.6. The lowest BCUT2D eigenvalue weighted by atomic mass is 9.97. The van der Waals surface area contributed by atoms with Crippen LogP contribution >= 0.6 is 0 Å². The minimum atomic E-state index is -0.933. The maximum Gasteiger partial charge on any atom is 0.320 e. The minimum absolute atomic E-state index is 0.446. The van der Waals surface area contributed by atoms with Crippen molar-refractivity contribution >= 4 is 12.3 Å². The Hall–Kier alpha value is -3.72. The van der Waals surface area contributed by atoms with Gasteiger partial charge < -0.3 is 31.8 Å². The highest BCUT2D eigenvalue weighted by atomic mass is 16.5. The molecule has 1 aliphatic rings. The highest BCUT2D eigenvalue weighted by Crippen LogP contribution is 2.24. The molecular formula is C33H45N3O5. The summed E-state index contributed by atoms with van der Waals surface area (Å²) in [7, 11) is 0. The molecule has 0 spiro atoms. The van der Waals surface area contributed by atoms with Crippen LogP contribution in [0.3, 0.4) is 0 Å². The van der Waals surface area contributed by atoms with Gasteiger partial charge in [-0.3, -0.25) is 9.59 Å². The number of nitrogens with two attached hydrogens (primary N) is 3. The highest BCUT2D eigenvalue weighted by Gasteiger charge is 2.09. The molecule has 1 saturated carbocycles. The maximum absolute atomic E-state index is 11.1. The van der Waals surface area contributed by atoms with E-state index in [1.807, 2.05) is 60.7 Å². The summed E-state index contributed by atoms with van der Waals surface area (Å²) in [5.74, 6) is 0.301. The first kappa shape index (κ1) is 33.5. The van der Waals surface area contributed by atoms with Gasteiger partial charge in [-0.05, 0) is 55.5 Å². The number of hydrogen-bond donors (Lipinski definition) is 4. The van der Waals surface area contributed by atoms with Crippen molar-refractivity contribution in [3.05, 3.63) is 95.6 Å². The molecule has 7 N–H and O–H groups in total. The Morgan fingerprint density at radius 1 is 0.854 bits per heavy atom. The Bertz CT molecular complexity index is 1060. The number of ether oxygens (including phenoxy) is 2. The second-order valence-electron chi connectivity index (χ2n) is 10.0. The topological polar surface area (TPSA) is 151 Å². The van der Waals surface area contributed by atoms with Crippen molar-refractivity contribution in [3.8, 4) is 11.5 Å². The number of benzene rings is 3. The van der Waals surface area contributed by atoms with Gasteiger partial charge >= 0.3 is 5.97 Å². The molecule has 3 aromatic rings. The molecule has 41 heavy (non-hydrogen) atoms. The van der Waals surface area contributed by atoms with E-state index < -0.39 is 12.0 Å². The molecule has 4 rings (SSSR count). The predicted molar refractivity (Wildman–Crippen MR) is 163 cm³/mol. The van der Waals surface area contributed by atoms with E-state index in [1.165, 1.54) is 32.1 Å². The third-order valence-electron chi connectivity index (χ3n) is 6.47. The van der Waals surface area contributed by atoms with Gasteiger partial charge in [0.2, 0.25) is 0 Å². The van der Waals surface area contributed by atoms with Crippen LogP contribution in [0.2, 0.25) is 0 Å². The van der Waals surface area contributed by atoms with Crippen molar-refractivity contribution in [1.82, 2.24) is 0 Å². The monoisotopic (exact) mass is 563 g/mol. The summed E-state index contributed by atoms with van der Waals surface area (Å²) in [5.41, 5.74) is 18.7. The molecule has 3 aromatic carbocycles. The number of aliphatic carboxylic acids is 1. The molecule has 0 heterocycles. The van der Waals surface area contributed by atoms with Crippen LogP contribution in [0.1, 0.15) is 72.9 Å². The molecule has 0 amide bonds. The highest BCUT2D eigenvalue weighted by molar-refractivity contribution is 5.76. The molecule has 0 aromatic heterocycles. The molecular weight excluding hydrogens is 518 g/mol. The number of rotatable bonds is 12. The summed E-state index contributed by atoms with van der Waals surface area (Å²) in [6.07, 6.45) is 9.62. The van der Waals surface area contributed by atoms with Gasteiger partial charge in [-0.1, -0.05) is 86.3 Å². The molecule has 1 atom stereocenters. The molecule has 8 heteroatoms. The summed E-state index contributed by atoms with van der Waals surface area (Å²) in [5, 5.41) is 8.33. The fraction of sp³-hybridized carbons (Fsp3) is 0.394. The standard InChI is InChI=1S/C21H18O3.C6H14N2O2.C6H13N/c22-14-19-11-20(23-15-17-7-3-1-4-8-17)13-21(12-19)24-16-18-9-5-2-6-10-18;7-4-2-1-3-5(8)6(9)10;7-6-4-2-1-3-5-6/h1-14H,15-16H2;5H,1-4,7-8H2,(H,9,10);6H,1-5,7H2. The van der Waals surface area contributed by atoms with Crippen molar-refractivity contribution in [1.29, 1.82) is 0 Å². The molecule has 1 aliphatic carbocycles. The number of hydrogen-bond acceptors (Lipinski definition) is 7. The normalized spacial score (nSPS) is 13.4. The SMILES string of the molecule is NC1CCCCC1.NCCCCC(N)C(=O)O.O=Cc1cc(OCc2ccccc2)cc(OCc2ccccc2)c1. The van der Waals surface area contributed by atoms with Gasteiger partial charge in [-0.2, -0.15) is 0 Å². The Morgan fingerprint density at radius 3 is 1.76 bits per heavy atom. The van der Waals surface area contributed by atoms with Crippen molar-refractivity contribution in [3.63, 3.8) is 0 Å². The summed E-state index contributed by atoms with van der Waals surface area (Å²) in [6, 6.07) is 24.8. The predicted octanol–water partition coefficient (Wildman–Crippen LogP) is 5.46. The Balaban J connectivity index is 0.000000284. The van der Waals surface area contributed by atoms with Gasteiger partial charge in [0.1, 0.15) is 37.0 Å². The zero-order chi connectivity index (χ0) is 29.7. The van der Waals surface area contributed by atoms with E-state index in [9.17, 15) is 9.59 Å². The summed E-state index contributed by atoms with van der Waals surface area (Å²) in [4.78, 5) is 21.3. The average Bonchev–Trinajstić information content (AvgIpc) is 3.01.